The van der Waals surface area contributed by atoms with E-state index in [9.17, 15) is 8.78 Å². The Hall–Kier alpha value is 0.260. The summed E-state index contributed by atoms with van der Waals surface area (Å²) in [6.45, 7) is 0. The van der Waals surface area contributed by atoms with E-state index in [0.29, 0.717) is 5.56 Å². The lowest BCUT2D eigenvalue weighted by Crippen LogP contribution is -2.04. The summed E-state index contributed by atoms with van der Waals surface area (Å²) in [7, 11) is 0. The molecular formula is C10H9BrF2S2. The van der Waals surface area contributed by atoms with E-state index < -0.39 is 11.6 Å². The van der Waals surface area contributed by atoms with Gasteiger partial charge in [-0.25, -0.2) is 8.78 Å². The van der Waals surface area contributed by atoms with Crippen molar-refractivity contribution >= 4 is 39.5 Å². The molecule has 0 spiro atoms. The normalized spacial score (nSPS) is 18.1. The van der Waals surface area contributed by atoms with E-state index >= 15 is 0 Å². The summed E-state index contributed by atoms with van der Waals surface area (Å²) in [6, 6.07) is 3.24. The third-order valence-corrected chi connectivity index (χ3v) is 5.74. The molecule has 0 radical (unpaired) electrons. The fourth-order valence-electron chi connectivity index (χ4n) is 1.39. The third kappa shape index (κ3) is 2.50. The summed E-state index contributed by atoms with van der Waals surface area (Å²) >= 11 is 6.35. The molecule has 1 saturated heterocycles. The molecule has 0 aliphatic carbocycles. The van der Waals surface area contributed by atoms with Crippen LogP contribution in [0.4, 0.5) is 8.78 Å². The van der Waals surface area contributed by atoms with Crippen LogP contribution in [0.2, 0.25) is 0 Å². The van der Waals surface area contributed by atoms with Gasteiger partial charge in [-0.2, -0.15) is 0 Å². The van der Waals surface area contributed by atoms with Crippen molar-refractivity contribution in [1.29, 1.82) is 0 Å². The van der Waals surface area contributed by atoms with Crippen LogP contribution < -0.4 is 0 Å². The maximum absolute atomic E-state index is 13.6. The standard InChI is InChI=1S/C10H9BrF2S2/c11-7-3-2-6(8(12)9(7)13)10-14-4-1-5-15-10/h2-3,10H,1,4-5H2. The van der Waals surface area contributed by atoms with Gasteiger partial charge in [0, 0.05) is 5.56 Å². The highest BCUT2D eigenvalue weighted by Crippen LogP contribution is 2.45. The Morgan fingerprint density at radius 1 is 1.13 bits per heavy atom. The van der Waals surface area contributed by atoms with Crippen LogP contribution in [-0.4, -0.2) is 11.5 Å². The van der Waals surface area contributed by atoms with E-state index in [1.54, 1.807) is 35.7 Å². The number of hydrogen-bond donors (Lipinski definition) is 0. The van der Waals surface area contributed by atoms with Crippen LogP contribution in [0.1, 0.15) is 16.6 Å². The lowest BCUT2D eigenvalue weighted by molar-refractivity contribution is 0.497. The number of halogens is 3. The summed E-state index contributed by atoms with van der Waals surface area (Å²) in [4.78, 5) is 0. The zero-order chi connectivity index (χ0) is 10.8. The topological polar surface area (TPSA) is 0 Å². The van der Waals surface area contributed by atoms with Crippen molar-refractivity contribution in [3.05, 3.63) is 33.8 Å². The van der Waals surface area contributed by atoms with Gasteiger partial charge < -0.3 is 0 Å². The predicted molar refractivity (Wildman–Crippen MR) is 66.3 cm³/mol. The molecule has 0 amide bonds. The van der Waals surface area contributed by atoms with Gasteiger partial charge in [-0.1, -0.05) is 6.07 Å². The molecule has 0 N–H and O–H groups in total. The van der Waals surface area contributed by atoms with Gasteiger partial charge in [0.1, 0.15) is 0 Å². The maximum atomic E-state index is 13.6. The van der Waals surface area contributed by atoms with Crippen LogP contribution in [0.15, 0.2) is 16.6 Å². The minimum absolute atomic E-state index is 0.0429. The molecule has 5 heteroatoms. The van der Waals surface area contributed by atoms with E-state index in [2.05, 4.69) is 15.9 Å². The summed E-state index contributed by atoms with van der Waals surface area (Å²) in [5.41, 5.74) is 0.477. The highest BCUT2D eigenvalue weighted by molar-refractivity contribution is 9.10. The van der Waals surface area contributed by atoms with Gasteiger partial charge >= 0.3 is 0 Å². The Kier molecular flexibility index (Phi) is 3.96. The Bertz CT molecular complexity index is 365. The molecule has 15 heavy (non-hydrogen) atoms. The molecule has 1 heterocycles. The molecule has 0 nitrogen and oxygen atoms in total. The molecule has 0 saturated carbocycles. The minimum Gasteiger partial charge on any atom is -0.203 e. The second-order valence-corrected chi connectivity index (χ2v) is 6.77. The first-order valence-corrected chi connectivity index (χ1v) is 7.46. The van der Waals surface area contributed by atoms with Gasteiger partial charge in [0.2, 0.25) is 0 Å². The van der Waals surface area contributed by atoms with E-state index in [0.717, 1.165) is 17.9 Å². The molecule has 0 unspecified atom stereocenters. The highest BCUT2D eigenvalue weighted by Gasteiger charge is 2.22. The van der Waals surface area contributed by atoms with Gasteiger partial charge in [0.25, 0.3) is 0 Å². The van der Waals surface area contributed by atoms with Gasteiger partial charge in [-0.15, -0.1) is 23.5 Å². The van der Waals surface area contributed by atoms with Crippen LogP contribution in [0.3, 0.4) is 0 Å². The van der Waals surface area contributed by atoms with Crippen LogP contribution in [0.25, 0.3) is 0 Å². The lowest BCUT2D eigenvalue weighted by Gasteiger charge is -2.21. The van der Waals surface area contributed by atoms with E-state index in [1.165, 1.54) is 0 Å². The molecule has 1 fully saturated rings. The van der Waals surface area contributed by atoms with Crippen LogP contribution in [-0.2, 0) is 0 Å². The van der Waals surface area contributed by atoms with Gasteiger partial charge in [0.15, 0.2) is 11.6 Å². The van der Waals surface area contributed by atoms with E-state index in [4.69, 9.17) is 0 Å². The summed E-state index contributed by atoms with van der Waals surface area (Å²) in [5, 5.41) is 0. The largest absolute Gasteiger partial charge is 0.203 e. The van der Waals surface area contributed by atoms with Crippen LogP contribution in [0, 0.1) is 11.6 Å². The summed E-state index contributed by atoms with van der Waals surface area (Å²) < 4.78 is 27.2. The molecule has 82 valence electrons. The average Bonchev–Trinajstić information content (AvgIpc) is 2.27. The minimum atomic E-state index is -0.778. The Balaban J connectivity index is 2.31. The number of rotatable bonds is 1. The zero-order valence-electron chi connectivity index (χ0n) is 7.80. The van der Waals surface area contributed by atoms with Gasteiger partial charge in [0.05, 0.1) is 9.05 Å². The van der Waals surface area contributed by atoms with Crippen molar-refractivity contribution in [3.63, 3.8) is 0 Å². The molecule has 0 bridgehead atoms. The van der Waals surface area contributed by atoms with Crippen LogP contribution >= 0.6 is 39.5 Å². The van der Waals surface area contributed by atoms with E-state index in [-0.39, 0.29) is 9.05 Å². The third-order valence-electron chi connectivity index (χ3n) is 2.15. The first-order valence-electron chi connectivity index (χ1n) is 4.57. The lowest BCUT2D eigenvalue weighted by atomic mass is 10.2. The average molecular weight is 311 g/mol. The van der Waals surface area contributed by atoms with Crippen molar-refractivity contribution in [1.82, 2.24) is 0 Å². The van der Waals surface area contributed by atoms with Crippen molar-refractivity contribution in [3.8, 4) is 0 Å². The zero-order valence-corrected chi connectivity index (χ0v) is 11.0. The molecule has 2 rings (SSSR count). The molecule has 1 aliphatic rings. The maximum Gasteiger partial charge on any atom is 0.173 e. The van der Waals surface area contributed by atoms with Gasteiger partial charge in [-0.05, 0) is 39.9 Å². The van der Waals surface area contributed by atoms with Crippen molar-refractivity contribution in [2.45, 2.75) is 11.0 Å². The number of hydrogen-bond acceptors (Lipinski definition) is 2. The monoisotopic (exact) mass is 310 g/mol. The number of thioether (sulfide) groups is 2. The first-order chi connectivity index (χ1) is 7.20. The molecule has 0 aromatic heterocycles. The number of benzene rings is 1. The first kappa shape index (κ1) is 11.7. The second-order valence-electron chi connectivity index (χ2n) is 3.19. The SMILES string of the molecule is Fc1c(Br)ccc(C2SCCCS2)c1F. The Labute approximate surface area is 104 Å². The quantitative estimate of drug-likeness (QED) is 0.695. The second kappa shape index (κ2) is 5.06. The highest BCUT2D eigenvalue weighted by atomic mass is 79.9. The predicted octanol–water partition coefficient (Wildman–Crippen LogP) is 4.60. The summed E-state index contributed by atoms with van der Waals surface area (Å²) in [5.74, 6) is 0.555. The molecule has 0 atom stereocenters. The molecule has 1 aromatic carbocycles. The fourth-order valence-corrected chi connectivity index (χ4v) is 4.61. The summed E-state index contributed by atoms with van der Waals surface area (Å²) in [6.07, 6.45) is 1.15. The van der Waals surface area contributed by atoms with Crippen LogP contribution in [0.5, 0.6) is 0 Å². The van der Waals surface area contributed by atoms with E-state index in [1.807, 2.05) is 0 Å². The smallest absolute Gasteiger partial charge is 0.173 e. The molecule has 1 aliphatic heterocycles. The fraction of sp³-hybridized carbons (Fsp3) is 0.400. The Morgan fingerprint density at radius 3 is 2.47 bits per heavy atom. The van der Waals surface area contributed by atoms with Crippen molar-refractivity contribution in [2.24, 2.45) is 0 Å². The van der Waals surface area contributed by atoms with Gasteiger partial charge in [-0.3, -0.25) is 0 Å². The van der Waals surface area contributed by atoms with Crippen molar-refractivity contribution in [2.75, 3.05) is 11.5 Å². The van der Waals surface area contributed by atoms with Crippen molar-refractivity contribution < 1.29 is 8.78 Å². The molecular weight excluding hydrogens is 302 g/mol. The Morgan fingerprint density at radius 2 is 1.80 bits per heavy atom. The molecule has 1 aromatic rings.